The van der Waals surface area contributed by atoms with Crippen molar-refractivity contribution in [2.75, 3.05) is 6.61 Å². The Labute approximate surface area is 127 Å². The Kier molecular flexibility index (Phi) is 5.08. The van der Waals surface area contributed by atoms with E-state index in [0.717, 1.165) is 0 Å². The van der Waals surface area contributed by atoms with E-state index in [1.165, 1.54) is 25.2 Å². The second-order valence-electron chi connectivity index (χ2n) is 4.44. The SMILES string of the molecule is CC(=O)O[C@H](/C=C1\C=CC(=O)O1)COC(=O)c1ccccc1. The molecule has 0 spiro atoms. The molecule has 1 aromatic carbocycles. The van der Waals surface area contributed by atoms with Crippen LogP contribution in [0.4, 0.5) is 0 Å². The van der Waals surface area contributed by atoms with Crippen molar-refractivity contribution >= 4 is 17.9 Å². The number of esters is 3. The number of carbonyl (C=O) groups is 3. The third-order valence-corrected chi connectivity index (χ3v) is 2.66. The lowest BCUT2D eigenvalue weighted by Gasteiger charge is -2.14. The van der Waals surface area contributed by atoms with E-state index in [4.69, 9.17) is 14.2 Å². The van der Waals surface area contributed by atoms with E-state index >= 15 is 0 Å². The van der Waals surface area contributed by atoms with Crippen LogP contribution in [0.1, 0.15) is 17.3 Å². The van der Waals surface area contributed by atoms with Crippen LogP contribution in [-0.4, -0.2) is 30.6 Å². The molecule has 0 N–H and O–H groups in total. The molecule has 0 saturated carbocycles. The molecule has 1 atom stereocenters. The first kappa shape index (κ1) is 15.5. The summed E-state index contributed by atoms with van der Waals surface area (Å²) >= 11 is 0. The lowest BCUT2D eigenvalue weighted by Crippen LogP contribution is -2.23. The van der Waals surface area contributed by atoms with Gasteiger partial charge < -0.3 is 14.2 Å². The molecule has 0 unspecified atom stereocenters. The zero-order chi connectivity index (χ0) is 15.9. The molecule has 1 aliphatic rings. The Morgan fingerprint density at radius 1 is 1.23 bits per heavy atom. The number of hydrogen-bond acceptors (Lipinski definition) is 6. The van der Waals surface area contributed by atoms with Gasteiger partial charge in [-0.15, -0.1) is 0 Å². The maximum atomic E-state index is 11.8. The summed E-state index contributed by atoms with van der Waals surface area (Å²) in [6.07, 6.45) is 3.25. The highest BCUT2D eigenvalue weighted by Crippen LogP contribution is 2.12. The third kappa shape index (κ3) is 4.59. The van der Waals surface area contributed by atoms with Crippen molar-refractivity contribution in [3.63, 3.8) is 0 Å². The van der Waals surface area contributed by atoms with Crippen molar-refractivity contribution in [3.05, 3.63) is 59.9 Å². The average Bonchev–Trinajstić information content (AvgIpc) is 2.90. The van der Waals surface area contributed by atoms with Crippen LogP contribution in [0.15, 0.2) is 54.3 Å². The minimum absolute atomic E-state index is 0.178. The largest absolute Gasteiger partial charge is 0.458 e. The van der Waals surface area contributed by atoms with Gasteiger partial charge in [-0.1, -0.05) is 18.2 Å². The van der Waals surface area contributed by atoms with Crippen molar-refractivity contribution < 1.29 is 28.6 Å². The molecule has 0 fully saturated rings. The van der Waals surface area contributed by atoms with E-state index in [9.17, 15) is 14.4 Å². The van der Waals surface area contributed by atoms with Crippen LogP contribution >= 0.6 is 0 Å². The second kappa shape index (κ2) is 7.21. The maximum absolute atomic E-state index is 11.8. The zero-order valence-electron chi connectivity index (χ0n) is 11.9. The first-order chi connectivity index (χ1) is 10.5. The standard InChI is InChI=1S/C16H14O6/c1-11(17)21-14(9-13-7-8-15(18)22-13)10-20-16(19)12-5-3-2-4-6-12/h2-9,14H,10H2,1H3/b13-9+/t14-/m1/s1. The quantitative estimate of drug-likeness (QED) is 0.609. The Morgan fingerprint density at radius 3 is 2.55 bits per heavy atom. The summed E-state index contributed by atoms with van der Waals surface area (Å²) in [6.45, 7) is 1.06. The highest BCUT2D eigenvalue weighted by Gasteiger charge is 2.17. The summed E-state index contributed by atoms with van der Waals surface area (Å²) in [5.41, 5.74) is 0.393. The normalized spacial score (nSPS) is 16.2. The van der Waals surface area contributed by atoms with Gasteiger partial charge in [0.25, 0.3) is 0 Å². The van der Waals surface area contributed by atoms with Gasteiger partial charge in [0.05, 0.1) is 5.56 Å². The topological polar surface area (TPSA) is 78.9 Å². The average molecular weight is 302 g/mol. The fourth-order valence-corrected chi connectivity index (χ4v) is 1.75. The van der Waals surface area contributed by atoms with Crippen LogP contribution in [0.5, 0.6) is 0 Å². The first-order valence-electron chi connectivity index (χ1n) is 6.55. The predicted octanol–water partition coefficient (Wildman–Crippen LogP) is 1.77. The number of rotatable bonds is 5. The molecular weight excluding hydrogens is 288 g/mol. The van der Waals surface area contributed by atoms with E-state index in [1.807, 2.05) is 0 Å². The van der Waals surface area contributed by atoms with Crippen LogP contribution < -0.4 is 0 Å². The monoisotopic (exact) mass is 302 g/mol. The van der Waals surface area contributed by atoms with Crippen LogP contribution in [0.2, 0.25) is 0 Å². The summed E-state index contributed by atoms with van der Waals surface area (Å²) in [5.74, 6) is -1.33. The Balaban J connectivity index is 1.98. The molecule has 6 heteroatoms. The maximum Gasteiger partial charge on any atom is 0.338 e. The van der Waals surface area contributed by atoms with E-state index in [-0.39, 0.29) is 12.4 Å². The summed E-state index contributed by atoms with van der Waals surface area (Å²) in [5, 5.41) is 0. The van der Waals surface area contributed by atoms with Gasteiger partial charge in [-0.25, -0.2) is 9.59 Å². The highest BCUT2D eigenvalue weighted by atomic mass is 16.6. The molecule has 0 bridgehead atoms. The van der Waals surface area contributed by atoms with Crippen LogP contribution in [-0.2, 0) is 23.8 Å². The molecule has 1 aliphatic heterocycles. The lowest BCUT2D eigenvalue weighted by atomic mass is 10.2. The molecule has 1 aromatic rings. The van der Waals surface area contributed by atoms with Gasteiger partial charge >= 0.3 is 17.9 Å². The summed E-state index contributed by atoms with van der Waals surface area (Å²) < 4.78 is 15.0. The van der Waals surface area contributed by atoms with Gasteiger partial charge in [0.2, 0.25) is 0 Å². The van der Waals surface area contributed by atoms with Crippen molar-refractivity contribution in [2.45, 2.75) is 13.0 Å². The number of allylic oxidation sites excluding steroid dienone is 1. The Bertz CT molecular complexity index is 629. The van der Waals surface area contributed by atoms with Gasteiger partial charge in [-0.3, -0.25) is 4.79 Å². The number of benzene rings is 1. The summed E-state index contributed by atoms with van der Waals surface area (Å²) in [7, 11) is 0. The van der Waals surface area contributed by atoms with Gasteiger partial charge in [-0.2, -0.15) is 0 Å². The van der Waals surface area contributed by atoms with Gasteiger partial charge in [0.15, 0.2) is 6.10 Å². The molecule has 114 valence electrons. The number of carbonyl (C=O) groups excluding carboxylic acids is 3. The van der Waals surface area contributed by atoms with Crippen molar-refractivity contribution in [2.24, 2.45) is 0 Å². The van der Waals surface area contributed by atoms with E-state index < -0.39 is 24.0 Å². The van der Waals surface area contributed by atoms with E-state index in [2.05, 4.69) is 0 Å². The molecule has 0 amide bonds. The van der Waals surface area contributed by atoms with E-state index in [1.54, 1.807) is 30.3 Å². The third-order valence-electron chi connectivity index (χ3n) is 2.66. The minimum Gasteiger partial charge on any atom is -0.458 e. The van der Waals surface area contributed by atoms with Crippen molar-refractivity contribution in [3.8, 4) is 0 Å². The van der Waals surface area contributed by atoms with Gasteiger partial charge in [-0.05, 0) is 18.2 Å². The van der Waals surface area contributed by atoms with Crippen LogP contribution in [0.3, 0.4) is 0 Å². The molecule has 1 heterocycles. The van der Waals surface area contributed by atoms with Gasteiger partial charge in [0.1, 0.15) is 12.4 Å². The molecule has 0 aromatic heterocycles. The Hall–Kier alpha value is -2.89. The second-order valence-corrected chi connectivity index (χ2v) is 4.44. The molecule has 0 saturated heterocycles. The van der Waals surface area contributed by atoms with Crippen LogP contribution in [0, 0.1) is 0 Å². The number of ether oxygens (including phenoxy) is 3. The minimum atomic E-state index is -0.837. The highest BCUT2D eigenvalue weighted by molar-refractivity contribution is 5.89. The fraction of sp³-hybridized carbons (Fsp3) is 0.188. The van der Waals surface area contributed by atoms with Gasteiger partial charge in [0, 0.05) is 19.1 Å². The molecule has 2 rings (SSSR count). The van der Waals surface area contributed by atoms with Crippen LogP contribution in [0.25, 0.3) is 0 Å². The predicted molar refractivity (Wildman–Crippen MR) is 75.6 cm³/mol. The first-order valence-corrected chi connectivity index (χ1v) is 6.55. The molecular formula is C16H14O6. The molecule has 0 radical (unpaired) electrons. The van der Waals surface area contributed by atoms with E-state index in [0.29, 0.717) is 5.56 Å². The number of cyclic esters (lactones) is 1. The zero-order valence-corrected chi connectivity index (χ0v) is 11.9. The lowest BCUT2D eigenvalue weighted by molar-refractivity contribution is -0.145. The number of hydrogen-bond donors (Lipinski definition) is 0. The summed E-state index contributed by atoms with van der Waals surface area (Å²) in [4.78, 5) is 33.9. The molecule has 6 nitrogen and oxygen atoms in total. The Morgan fingerprint density at radius 2 is 1.95 bits per heavy atom. The molecule has 0 aliphatic carbocycles. The smallest absolute Gasteiger partial charge is 0.338 e. The summed E-state index contributed by atoms with van der Waals surface area (Å²) in [6, 6.07) is 8.44. The molecule has 22 heavy (non-hydrogen) atoms. The fourth-order valence-electron chi connectivity index (χ4n) is 1.75. The van der Waals surface area contributed by atoms with Crippen molar-refractivity contribution in [1.29, 1.82) is 0 Å². The van der Waals surface area contributed by atoms with Crippen molar-refractivity contribution in [1.82, 2.24) is 0 Å².